The molecule has 0 aliphatic heterocycles. The van der Waals surface area contributed by atoms with Crippen LogP contribution in [-0.4, -0.2) is 0 Å². The van der Waals surface area contributed by atoms with Gasteiger partial charge in [-0.1, -0.05) is 68.3 Å². The number of rotatable bonds is 6. The molecule has 0 heterocycles. The molecule has 1 fully saturated rings. The Morgan fingerprint density at radius 1 is 0.923 bits per heavy atom. The van der Waals surface area contributed by atoms with Gasteiger partial charge in [0.15, 0.2) is 14.7 Å². The van der Waals surface area contributed by atoms with Crippen LogP contribution in [0.5, 0.6) is 0 Å². The van der Waals surface area contributed by atoms with Gasteiger partial charge in [-0.05, 0) is 67.7 Å². The summed E-state index contributed by atoms with van der Waals surface area (Å²) in [7, 11) is -0.112. The van der Waals surface area contributed by atoms with Gasteiger partial charge < -0.3 is 0 Å². The number of hydrogen-bond acceptors (Lipinski definition) is 0. The predicted octanol–water partition coefficient (Wildman–Crippen LogP) is 7.42. The second-order valence-corrected chi connectivity index (χ2v) is 8.85. The van der Waals surface area contributed by atoms with E-state index in [1.54, 1.807) is 0 Å². The Bertz CT molecular complexity index is 747. The first kappa shape index (κ1) is 18.8. The van der Waals surface area contributed by atoms with Gasteiger partial charge in [-0.3, -0.25) is 0 Å². The fourth-order valence-corrected chi connectivity index (χ4v) is 5.72. The molecule has 0 N–H and O–H groups in total. The molecule has 0 aromatic heterocycles. The van der Waals surface area contributed by atoms with E-state index in [2.05, 4.69) is 86.3 Å². The molecule has 2 aromatic rings. The number of benzene rings is 2. The van der Waals surface area contributed by atoms with Crippen molar-refractivity contribution in [2.24, 2.45) is 0 Å². The van der Waals surface area contributed by atoms with E-state index in [1.807, 2.05) is 6.08 Å². The first-order valence-corrected chi connectivity index (χ1v) is 10.9. The lowest BCUT2D eigenvalue weighted by Crippen LogP contribution is -2.07. The van der Waals surface area contributed by atoms with E-state index in [9.17, 15) is 0 Å². The molecule has 1 unspecified atom stereocenters. The van der Waals surface area contributed by atoms with E-state index in [1.165, 1.54) is 52.4 Å². The maximum absolute atomic E-state index is 4.08. The Morgan fingerprint density at radius 3 is 2.19 bits per heavy atom. The van der Waals surface area contributed by atoms with Gasteiger partial charge in [0.25, 0.3) is 0 Å². The average Bonchev–Trinajstić information content (AvgIpc) is 2.72. The van der Waals surface area contributed by atoms with Crippen LogP contribution in [0.25, 0.3) is 0 Å². The lowest BCUT2D eigenvalue weighted by atomic mass is 9.84. The maximum atomic E-state index is 4.08. The van der Waals surface area contributed by atoms with Crippen LogP contribution >= 0.6 is 0 Å². The van der Waals surface area contributed by atoms with E-state index in [0.717, 1.165) is 5.92 Å². The van der Waals surface area contributed by atoms with E-state index < -0.39 is 0 Å². The van der Waals surface area contributed by atoms with Crippen LogP contribution in [0.3, 0.4) is 0 Å². The molecule has 1 heteroatoms. The fourth-order valence-electron chi connectivity index (χ4n) is 3.69. The van der Waals surface area contributed by atoms with Crippen molar-refractivity contribution in [1.29, 1.82) is 0 Å². The SMILES string of the molecule is C=C/C(=C\C=C/C)[S+](c1ccccc1)c1ccc(C2CCCCC2)cc1. The second-order valence-electron chi connectivity index (χ2n) is 6.82. The van der Waals surface area contributed by atoms with E-state index in [0.29, 0.717) is 0 Å². The van der Waals surface area contributed by atoms with Gasteiger partial charge >= 0.3 is 0 Å². The molecule has 0 spiro atoms. The minimum absolute atomic E-state index is 0.112. The molecule has 0 amide bonds. The zero-order chi connectivity index (χ0) is 18.2. The third-order valence-electron chi connectivity index (χ3n) is 5.06. The fraction of sp³-hybridized carbons (Fsp3) is 0.280. The van der Waals surface area contributed by atoms with Crippen LogP contribution in [0.2, 0.25) is 0 Å². The standard InChI is InChI=1S/C25H29S/c1-3-5-14-23(4-2)26(24-15-10-7-11-16-24)25-19-17-22(18-20-25)21-12-8-6-9-13-21/h3-5,7,10-11,14-21H,2,6,8-9,12-13H2,1H3/q+1/b5-3-,23-14+. The smallest absolute Gasteiger partial charge is 0.0940 e. The van der Waals surface area contributed by atoms with E-state index in [4.69, 9.17) is 0 Å². The summed E-state index contributed by atoms with van der Waals surface area (Å²) in [6.07, 6.45) is 15.2. The molecule has 1 aliphatic carbocycles. The van der Waals surface area contributed by atoms with Crippen LogP contribution in [-0.2, 0) is 10.9 Å². The van der Waals surface area contributed by atoms with Gasteiger partial charge in [-0.2, -0.15) is 0 Å². The molecule has 1 atom stereocenters. The molecule has 134 valence electrons. The van der Waals surface area contributed by atoms with Gasteiger partial charge in [0.2, 0.25) is 0 Å². The number of hydrogen-bond donors (Lipinski definition) is 0. The largest absolute Gasteiger partial charge is 0.166 e. The summed E-state index contributed by atoms with van der Waals surface area (Å²) in [4.78, 5) is 3.97. The summed E-state index contributed by atoms with van der Waals surface area (Å²) in [5, 5.41) is 0. The minimum Gasteiger partial charge on any atom is -0.0940 e. The predicted molar refractivity (Wildman–Crippen MR) is 116 cm³/mol. The van der Waals surface area contributed by atoms with Crippen molar-refractivity contribution in [3.05, 3.63) is 95.9 Å². The summed E-state index contributed by atoms with van der Waals surface area (Å²) < 4.78 is 0. The molecule has 1 aliphatic rings. The molecule has 2 aromatic carbocycles. The normalized spacial score (nSPS) is 17.3. The quantitative estimate of drug-likeness (QED) is 0.371. The zero-order valence-electron chi connectivity index (χ0n) is 15.7. The van der Waals surface area contributed by atoms with Crippen molar-refractivity contribution >= 4 is 10.9 Å². The van der Waals surface area contributed by atoms with Crippen LogP contribution in [0.15, 0.2) is 100 Å². The minimum atomic E-state index is -0.112. The Balaban J connectivity index is 1.95. The zero-order valence-corrected chi connectivity index (χ0v) is 16.6. The molecule has 1 saturated carbocycles. The first-order valence-electron chi connectivity index (χ1n) is 9.68. The highest BCUT2D eigenvalue weighted by Crippen LogP contribution is 2.35. The topological polar surface area (TPSA) is 0 Å². The highest BCUT2D eigenvalue weighted by atomic mass is 32.2. The summed E-state index contributed by atoms with van der Waals surface area (Å²) in [5.74, 6) is 0.758. The number of allylic oxidation sites excluding steroid dienone is 4. The maximum Gasteiger partial charge on any atom is 0.166 e. The van der Waals surface area contributed by atoms with Crippen molar-refractivity contribution in [2.75, 3.05) is 0 Å². The van der Waals surface area contributed by atoms with Crippen molar-refractivity contribution in [3.8, 4) is 0 Å². The molecule has 26 heavy (non-hydrogen) atoms. The van der Waals surface area contributed by atoms with Gasteiger partial charge in [0.05, 0.1) is 10.9 Å². The van der Waals surface area contributed by atoms with Crippen LogP contribution in [0.4, 0.5) is 0 Å². The lowest BCUT2D eigenvalue weighted by molar-refractivity contribution is 0.443. The van der Waals surface area contributed by atoms with Crippen molar-refractivity contribution in [2.45, 2.75) is 54.7 Å². The Labute approximate surface area is 161 Å². The lowest BCUT2D eigenvalue weighted by Gasteiger charge is -2.22. The van der Waals surface area contributed by atoms with Gasteiger partial charge in [-0.15, -0.1) is 0 Å². The summed E-state index contributed by atoms with van der Waals surface area (Å²) in [5.41, 5.74) is 1.52. The molecule has 0 saturated heterocycles. The van der Waals surface area contributed by atoms with Gasteiger partial charge in [-0.25, -0.2) is 0 Å². The monoisotopic (exact) mass is 361 g/mol. The Hall–Kier alpha value is -1.99. The Morgan fingerprint density at radius 2 is 1.58 bits per heavy atom. The van der Waals surface area contributed by atoms with Crippen molar-refractivity contribution in [3.63, 3.8) is 0 Å². The molecular formula is C25H29S+. The second kappa shape index (κ2) is 9.64. The van der Waals surface area contributed by atoms with Crippen molar-refractivity contribution in [1.82, 2.24) is 0 Å². The summed E-state index contributed by atoms with van der Waals surface area (Å²) in [6, 6.07) is 20.2. The highest BCUT2D eigenvalue weighted by Gasteiger charge is 2.29. The van der Waals surface area contributed by atoms with E-state index in [-0.39, 0.29) is 10.9 Å². The summed E-state index contributed by atoms with van der Waals surface area (Å²) in [6.45, 7) is 6.13. The highest BCUT2D eigenvalue weighted by molar-refractivity contribution is 8.00. The third-order valence-corrected chi connectivity index (χ3v) is 7.32. The Kier molecular flexibility index (Phi) is 6.96. The molecule has 0 bridgehead atoms. The van der Waals surface area contributed by atoms with Gasteiger partial charge in [0.1, 0.15) is 0 Å². The van der Waals surface area contributed by atoms with Gasteiger partial charge in [0, 0.05) is 0 Å². The summed E-state index contributed by atoms with van der Waals surface area (Å²) >= 11 is 0. The van der Waals surface area contributed by atoms with Crippen molar-refractivity contribution < 1.29 is 0 Å². The first-order chi connectivity index (χ1) is 12.8. The molecule has 0 nitrogen and oxygen atoms in total. The van der Waals surface area contributed by atoms with Crippen LogP contribution in [0, 0.1) is 0 Å². The molecule has 3 rings (SSSR count). The molecule has 0 radical (unpaired) electrons. The molecular weight excluding hydrogens is 332 g/mol. The van der Waals surface area contributed by atoms with Crippen LogP contribution in [0.1, 0.15) is 50.5 Å². The average molecular weight is 362 g/mol. The third kappa shape index (κ3) is 4.59. The van der Waals surface area contributed by atoms with E-state index >= 15 is 0 Å². The van der Waals surface area contributed by atoms with Crippen LogP contribution < -0.4 is 0 Å².